The molecule has 5 heterocycles. The number of hydrogen-bond acceptors (Lipinski definition) is 10. The number of piperidine rings is 1. The molecule has 0 spiro atoms. The van der Waals surface area contributed by atoms with Gasteiger partial charge in [0, 0.05) is 43.0 Å². The molecule has 1 unspecified atom stereocenters. The number of hydrogen-bond donors (Lipinski definition) is 3. The van der Waals surface area contributed by atoms with Gasteiger partial charge in [0.15, 0.2) is 5.82 Å². The normalized spacial score (nSPS) is 22.6. The van der Waals surface area contributed by atoms with Gasteiger partial charge in [-0.25, -0.2) is 13.2 Å². The fourth-order valence-corrected chi connectivity index (χ4v) is 8.67. The van der Waals surface area contributed by atoms with Gasteiger partial charge in [-0.1, -0.05) is 24.2 Å². The number of alkyl halides is 1. The fourth-order valence-electron chi connectivity index (χ4n) is 7.45. The van der Waals surface area contributed by atoms with Crippen LogP contribution in [0.5, 0.6) is 11.8 Å². The molecule has 3 atom stereocenters. The number of fused-ring (bicyclic) bond motifs is 3. The summed E-state index contributed by atoms with van der Waals surface area (Å²) in [4.78, 5) is 25.0. The van der Waals surface area contributed by atoms with E-state index in [-0.39, 0.29) is 73.1 Å². The van der Waals surface area contributed by atoms with Gasteiger partial charge < -0.3 is 25.8 Å². The Kier molecular flexibility index (Phi) is 8.25. The number of anilines is 2. The largest absolute Gasteiger partial charge is 0.506 e. The van der Waals surface area contributed by atoms with Crippen LogP contribution in [0.2, 0.25) is 5.02 Å². The number of thiophene rings is 1. The summed E-state index contributed by atoms with van der Waals surface area (Å²) in [5, 5.41) is 24.2. The zero-order chi connectivity index (χ0) is 33.9. The van der Waals surface area contributed by atoms with E-state index < -0.39 is 34.1 Å². The van der Waals surface area contributed by atoms with Crippen molar-refractivity contribution >= 4 is 60.7 Å². The number of phenols is 1. The van der Waals surface area contributed by atoms with Crippen LogP contribution in [0.25, 0.3) is 32.1 Å². The number of nitrogen functional groups attached to an aromatic ring is 1. The van der Waals surface area contributed by atoms with Crippen LogP contribution in [0.4, 0.5) is 24.0 Å². The molecule has 0 bridgehead atoms. The number of nitrogens with zero attached hydrogens (tertiary/aromatic N) is 5. The number of aromatic hydroxyl groups is 1. The minimum absolute atomic E-state index is 0.0232. The smallest absolute Gasteiger partial charge is 0.319 e. The second kappa shape index (κ2) is 12.3. The van der Waals surface area contributed by atoms with Crippen LogP contribution in [0.3, 0.4) is 0 Å². The third-order valence-corrected chi connectivity index (χ3v) is 11.1. The van der Waals surface area contributed by atoms with E-state index in [9.17, 15) is 23.9 Å². The molecule has 0 aliphatic carbocycles. The molecule has 3 aliphatic heterocycles. The van der Waals surface area contributed by atoms with Gasteiger partial charge in [0.1, 0.15) is 46.8 Å². The molecule has 10 nitrogen and oxygen atoms in total. The van der Waals surface area contributed by atoms with Crippen LogP contribution in [0, 0.1) is 23.0 Å². The molecule has 4 N–H and O–H groups in total. The maximum absolute atomic E-state index is 16.9. The topological polar surface area (TPSA) is 141 Å². The third-order valence-electron chi connectivity index (χ3n) is 9.66. The molecule has 7 rings (SSSR count). The number of phenolic OH excluding ortho intramolecular Hbond substituents is 1. The maximum Gasteiger partial charge on any atom is 0.319 e. The molecule has 1 amide bonds. The summed E-state index contributed by atoms with van der Waals surface area (Å²) < 4.78 is 52.4. The van der Waals surface area contributed by atoms with Crippen molar-refractivity contribution in [2.45, 2.75) is 49.9 Å². The highest BCUT2D eigenvalue weighted by Gasteiger charge is 2.49. The number of nitriles is 1. The summed E-state index contributed by atoms with van der Waals surface area (Å²) in [6.45, 7) is 5.51. The number of amides is 1. The maximum atomic E-state index is 16.9. The molecule has 3 saturated heterocycles. The second-order valence-corrected chi connectivity index (χ2v) is 13.9. The predicted octanol–water partition coefficient (Wildman–Crippen LogP) is 6.15. The molecule has 3 aliphatic rings. The van der Waals surface area contributed by atoms with Crippen molar-refractivity contribution < 1.29 is 27.8 Å². The Morgan fingerprint density at radius 1 is 1.29 bits per heavy atom. The lowest BCUT2D eigenvalue weighted by Gasteiger charge is -2.33. The van der Waals surface area contributed by atoms with Crippen molar-refractivity contribution in [1.29, 1.82) is 5.26 Å². The summed E-state index contributed by atoms with van der Waals surface area (Å²) in [7, 11) is 0. The summed E-state index contributed by atoms with van der Waals surface area (Å²) >= 11 is 7.54. The number of nitrogens with one attached hydrogen (secondary N) is 1. The first-order valence-electron chi connectivity index (χ1n) is 15.6. The van der Waals surface area contributed by atoms with E-state index >= 15 is 4.39 Å². The van der Waals surface area contributed by atoms with Crippen molar-refractivity contribution in [2.24, 2.45) is 0 Å². The third kappa shape index (κ3) is 5.24. The summed E-state index contributed by atoms with van der Waals surface area (Å²) in [5.74, 6) is -2.39. The van der Waals surface area contributed by atoms with Crippen molar-refractivity contribution in [3.8, 4) is 29.0 Å². The number of ether oxygens (including phenoxy) is 1. The SMILES string of the molecule is C=CC(=O)N1CCCC(Nc2nc(OC[C@@]34CCCN3C[C@H](F)C4)nc3c(F)c(-c4ccc(F)c5sc(N)c(C#N)c45)c(Cl)c(O)c23)C1. The molecular formula is C33H31ClF3N7O3S. The van der Waals surface area contributed by atoms with E-state index in [4.69, 9.17) is 22.1 Å². The van der Waals surface area contributed by atoms with E-state index in [1.165, 1.54) is 12.1 Å². The van der Waals surface area contributed by atoms with Crippen molar-refractivity contribution in [1.82, 2.24) is 19.8 Å². The number of carbonyl (C=O) groups is 1. The fraction of sp³-hybridized carbons (Fsp3) is 0.394. The molecule has 48 heavy (non-hydrogen) atoms. The molecule has 250 valence electrons. The van der Waals surface area contributed by atoms with Crippen molar-refractivity contribution in [3.05, 3.63) is 47.0 Å². The molecule has 0 radical (unpaired) electrons. The zero-order valence-electron chi connectivity index (χ0n) is 25.7. The van der Waals surface area contributed by atoms with E-state index in [0.29, 0.717) is 38.9 Å². The van der Waals surface area contributed by atoms with Crippen molar-refractivity contribution in [2.75, 3.05) is 43.8 Å². The minimum Gasteiger partial charge on any atom is -0.506 e. The van der Waals surface area contributed by atoms with Crippen LogP contribution in [0.15, 0.2) is 24.8 Å². The van der Waals surface area contributed by atoms with Crippen LogP contribution >= 0.6 is 22.9 Å². The first-order valence-corrected chi connectivity index (χ1v) is 16.8. The molecule has 2 aromatic carbocycles. The predicted molar refractivity (Wildman–Crippen MR) is 178 cm³/mol. The van der Waals surface area contributed by atoms with E-state index in [2.05, 4.69) is 26.8 Å². The van der Waals surface area contributed by atoms with Gasteiger partial charge in [-0.15, -0.1) is 11.3 Å². The molecule has 0 saturated carbocycles. The number of benzene rings is 2. The molecule has 15 heteroatoms. The molecule has 4 aromatic rings. The van der Waals surface area contributed by atoms with Gasteiger partial charge in [-0.3, -0.25) is 9.69 Å². The van der Waals surface area contributed by atoms with Gasteiger partial charge >= 0.3 is 6.01 Å². The van der Waals surface area contributed by atoms with Gasteiger partial charge in [0.25, 0.3) is 0 Å². The van der Waals surface area contributed by atoms with E-state index in [1.807, 2.05) is 6.07 Å². The van der Waals surface area contributed by atoms with E-state index in [1.54, 1.807) is 4.90 Å². The minimum atomic E-state index is -0.993. The highest BCUT2D eigenvalue weighted by Crippen LogP contribution is 2.49. The summed E-state index contributed by atoms with van der Waals surface area (Å²) in [6.07, 6.45) is 3.45. The molecular weight excluding hydrogens is 667 g/mol. The summed E-state index contributed by atoms with van der Waals surface area (Å²) in [5.41, 5.74) is 4.82. The van der Waals surface area contributed by atoms with Gasteiger partial charge in [0.2, 0.25) is 5.91 Å². The Morgan fingerprint density at radius 3 is 2.88 bits per heavy atom. The average molecular weight is 698 g/mol. The number of likely N-dealkylation sites (tertiary alicyclic amines) is 1. The standard InChI is InChI=1S/C33H31ClF3N7O3S/c1-2-21(45)43-9-3-5-17(14-43)40-31-24-27(41-32(42-31)47-15-33-8-4-10-44(33)13-16(35)11-33)26(37)23(25(34)28(24)46)18-6-7-20(36)29-22(18)19(12-38)30(39)48-29/h2,6-7,16-17,46H,1,3-5,8-11,13-15,39H2,(H,40,41,42)/t16-,17?,33+/m1/s1. The van der Waals surface area contributed by atoms with Gasteiger partial charge in [-0.2, -0.15) is 15.2 Å². The molecule has 2 aromatic heterocycles. The lowest BCUT2D eigenvalue weighted by Crippen LogP contribution is -2.44. The lowest BCUT2D eigenvalue weighted by molar-refractivity contribution is -0.127. The van der Waals surface area contributed by atoms with Crippen LogP contribution < -0.4 is 15.8 Å². The number of nitrogens with two attached hydrogens (primary N) is 1. The van der Waals surface area contributed by atoms with Crippen LogP contribution in [-0.4, -0.2) is 81.3 Å². The number of rotatable bonds is 7. The monoisotopic (exact) mass is 697 g/mol. The Morgan fingerprint density at radius 2 is 2.10 bits per heavy atom. The highest BCUT2D eigenvalue weighted by atomic mass is 35.5. The van der Waals surface area contributed by atoms with Gasteiger partial charge in [0.05, 0.1) is 26.2 Å². The van der Waals surface area contributed by atoms with Crippen LogP contribution in [-0.2, 0) is 4.79 Å². The Balaban J connectivity index is 1.38. The summed E-state index contributed by atoms with van der Waals surface area (Å²) in [6, 6.07) is 3.79. The zero-order valence-corrected chi connectivity index (χ0v) is 27.2. The first kappa shape index (κ1) is 32.2. The van der Waals surface area contributed by atoms with Gasteiger partial charge in [-0.05, 0) is 49.9 Å². The van der Waals surface area contributed by atoms with Crippen LogP contribution in [0.1, 0.15) is 37.7 Å². The second-order valence-electron chi connectivity index (χ2n) is 12.5. The highest BCUT2D eigenvalue weighted by molar-refractivity contribution is 7.23. The lowest BCUT2D eigenvalue weighted by atomic mass is 9.95. The Hall–Kier alpha value is -4.32. The molecule has 3 fully saturated rings. The first-order chi connectivity index (χ1) is 23.0. The average Bonchev–Trinajstić information content (AvgIpc) is 3.72. The number of carbonyl (C=O) groups excluding carboxylic acids is 1. The van der Waals surface area contributed by atoms with Crippen molar-refractivity contribution in [3.63, 3.8) is 0 Å². The quantitative estimate of drug-likeness (QED) is 0.194. The Labute approximate surface area is 282 Å². The Bertz CT molecular complexity index is 2040. The van der Waals surface area contributed by atoms with E-state index in [0.717, 1.165) is 36.8 Å². The number of halogens is 4. The number of aromatic nitrogens is 2.